The number of rotatable bonds is 4. The minimum absolute atomic E-state index is 0.0564. The second-order valence-electron chi connectivity index (χ2n) is 7.95. The number of benzene rings is 2. The van der Waals surface area contributed by atoms with Crippen molar-refractivity contribution >= 4 is 26.7 Å². The van der Waals surface area contributed by atoms with E-state index in [2.05, 4.69) is 4.98 Å². The highest BCUT2D eigenvalue weighted by Gasteiger charge is 2.36. The van der Waals surface area contributed by atoms with Crippen LogP contribution in [0.25, 0.3) is 11.0 Å². The van der Waals surface area contributed by atoms with Crippen molar-refractivity contribution in [3.05, 3.63) is 59.8 Å². The molecular formula is C23H24N4O3S. The van der Waals surface area contributed by atoms with Crippen molar-refractivity contribution in [2.45, 2.75) is 43.1 Å². The Morgan fingerprint density at radius 3 is 2.19 bits per heavy atom. The average molecular weight is 437 g/mol. The highest BCUT2D eigenvalue weighted by atomic mass is 32.2. The van der Waals surface area contributed by atoms with Crippen LogP contribution >= 0.6 is 0 Å². The van der Waals surface area contributed by atoms with E-state index in [1.165, 1.54) is 12.1 Å². The van der Waals surface area contributed by atoms with Gasteiger partial charge >= 0.3 is 0 Å². The van der Waals surface area contributed by atoms with Gasteiger partial charge in [-0.3, -0.25) is 0 Å². The van der Waals surface area contributed by atoms with Gasteiger partial charge in [-0.2, -0.15) is 5.26 Å². The number of para-hydroxylation sites is 2. The number of sulfone groups is 1. The van der Waals surface area contributed by atoms with E-state index < -0.39 is 15.1 Å². The second kappa shape index (κ2) is 8.25. The number of hydrogen-bond acceptors (Lipinski definition) is 7. The largest absolute Gasteiger partial charge is 0.372 e. The van der Waals surface area contributed by atoms with E-state index in [-0.39, 0.29) is 22.8 Å². The third-order valence-electron chi connectivity index (χ3n) is 5.32. The Morgan fingerprint density at radius 2 is 1.61 bits per heavy atom. The number of fused-ring (bicyclic) bond motifs is 1. The van der Waals surface area contributed by atoms with E-state index in [1.54, 1.807) is 18.2 Å². The van der Waals surface area contributed by atoms with Gasteiger partial charge in [-0.25, -0.2) is 18.4 Å². The van der Waals surface area contributed by atoms with E-state index in [4.69, 9.17) is 9.72 Å². The molecule has 1 fully saturated rings. The molecule has 0 amide bonds. The van der Waals surface area contributed by atoms with Gasteiger partial charge in [-0.15, -0.1) is 0 Å². The summed E-state index contributed by atoms with van der Waals surface area (Å²) < 4.78 is 32.7. The predicted octanol–water partition coefficient (Wildman–Crippen LogP) is 3.59. The first-order valence-corrected chi connectivity index (χ1v) is 11.7. The Labute approximate surface area is 182 Å². The molecule has 0 aliphatic carbocycles. The molecule has 160 valence electrons. The average Bonchev–Trinajstić information content (AvgIpc) is 2.73. The molecule has 7 nitrogen and oxygen atoms in total. The third kappa shape index (κ3) is 4.11. The fourth-order valence-electron chi connectivity index (χ4n) is 3.91. The van der Waals surface area contributed by atoms with Gasteiger partial charge in [0, 0.05) is 13.1 Å². The molecule has 0 N–H and O–H groups in total. The minimum Gasteiger partial charge on any atom is -0.372 e. The molecule has 1 aliphatic rings. The van der Waals surface area contributed by atoms with Gasteiger partial charge in [0.2, 0.25) is 9.84 Å². The Kier molecular flexibility index (Phi) is 5.65. The smallest absolute Gasteiger partial charge is 0.200 e. The zero-order chi connectivity index (χ0) is 22.2. The van der Waals surface area contributed by atoms with E-state index in [0.717, 1.165) is 5.56 Å². The number of anilines is 1. The molecule has 1 aromatic heterocycles. The molecule has 3 aromatic rings. The summed E-state index contributed by atoms with van der Waals surface area (Å²) in [5.74, 6) is 0.419. The molecule has 0 saturated carbocycles. The van der Waals surface area contributed by atoms with Crippen LogP contribution in [-0.4, -0.2) is 43.7 Å². The van der Waals surface area contributed by atoms with E-state index in [1.807, 2.05) is 49.9 Å². The van der Waals surface area contributed by atoms with Crippen LogP contribution in [0.2, 0.25) is 0 Å². The first-order valence-electron chi connectivity index (χ1n) is 10.2. The topological polar surface area (TPSA) is 96.2 Å². The number of aryl methyl sites for hydroxylation is 1. The number of nitrogens with zero attached hydrogens (tertiary/aromatic N) is 4. The lowest BCUT2D eigenvalue weighted by molar-refractivity contribution is -0.00550. The SMILES string of the molecule is Cc1ccc(S(=O)(=O)[C@H](C#N)c2nc3ccccc3nc2N2C[C@@H](C)O[C@@H](C)C2)cc1. The number of nitriles is 1. The van der Waals surface area contributed by atoms with Crippen LogP contribution in [0.3, 0.4) is 0 Å². The molecule has 3 atom stereocenters. The van der Waals surface area contributed by atoms with Crippen LogP contribution in [0.5, 0.6) is 0 Å². The summed E-state index contributed by atoms with van der Waals surface area (Å²) in [6.07, 6.45) is -0.113. The Balaban J connectivity index is 1.90. The van der Waals surface area contributed by atoms with Crippen molar-refractivity contribution in [2.24, 2.45) is 0 Å². The van der Waals surface area contributed by atoms with E-state index in [0.29, 0.717) is 29.9 Å². The van der Waals surface area contributed by atoms with Crippen LogP contribution in [0.1, 0.15) is 30.4 Å². The Hall–Kier alpha value is -3.02. The Morgan fingerprint density at radius 1 is 1.03 bits per heavy atom. The minimum atomic E-state index is -4.00. The van der Waals surface area contributed by atoms with E-state index in [9.17, 15) is 13.7 Å². The van der Waals surface area contributed by atoms with Gasteiger partial charge in [-0.05, 0) is 45.0 Å². The van der Waals surface area contributed by atoms with Crippen molar-refractivity contribution in [3.63, 3.8) is 0 Å². The standard InChI is InChI=1S/C23H24N4O3S/c1-15-8-10-18(11-9-15)31(28,29)21(12-24)22-23(27-13-16(2)30-17(3)14-27)26-20-7-5-4-6-19(20)25-22/h4-11,16-17,21H,13-14H2,1-3H3/t16-,17+,21-/m1/s1. The van der Waals surface area contributed by atoms with Crippen molar-refractivity contribution in [1.29, 1.82) is 5.26 Å². The van der Waals surface area contributed by atoms with Gasteiger partial charge in [0.25, 0.3) is 0 Å². The highest BCUT2D eigenvalue weighted by Crippen LogP contribution is 2.35. The predicted molar refractivity (Wildman–Crippen MR) is 118 cm³/mol. The molecule has 0 spiro atoms. The van der Waals surface area contributed by atoms with Crippen LogP contribution in [-0.2, 0) is 14.6 Å². The van der Waals surface area contributed by atoms with Crippen LogP contribution in [0.4, 0.5) is 5.82 Å². The van der Waals surface area contributed by atoms with Crippen molar-refractivity contribution in [1.82, 2.24) is 9.97 Å². The van der Waals surface area contributed by atoms with Gasteiger partial charge in [-0.1, -0.05) is 29.8 Å². The third-order valence-corrected chi connectivity index (χ3v) is 7.20. The van der Waals surface area contributed by atoms with Gasteiger partial charge in [0.1, 0.15) is 5.69 Å². The monoisotopic (exact) mass is 436 g/mol. The van der Waals surface area contributed by atoms with Gasteiger partial charge < -0.3 is 9.64 Å². The summed E-state index contributed by atoms with van der Waals surface area (Å²) in [5, 5.41) is 8.51. The van der Waals surface area contributed by atoms with Crippen LogP contribution < -0.4 is 4.90 Å². The zero-order valence-electron chi connectivity index (χ0n) is 17.7. The lowest BCUT2D eigenvalue weighted by Gasteiger charge is -2.37. The van der Waals surface area contributed by atoms with Gasteiger partial charge in [0.05, 0.1) is 34.2 Å². The summed E-state index contributed by atoms with van der Waals surface area (Å²) in [4.78, 5) is 11.5. The van der Waals surface area contributed by atoms with E-state index >= 15 is 0 Å². The normalized spacial score (nSPS) is 20.4. The van der Waals surface area contributed by atoms with Crippen molar-refractivity contribution < 1.29 is 13.2 Å². The molecule has 4 rings (SSSR count). The summed E-state index contributed by atoms with van der Waals surface area (Å²) in [7, 11) is -4.00. The molecule has 31 heavy (non-hydrogen) atoms. The van der Waals surface area contributed by atoms with Crippen LogP contribution in [0.15, 0.2) is 53.4 Å². The Bertz CT molecular complexity index is 1240. The molecule has 0 unspecified atom stereocenters. The fourth-order valence-corrected chi connectivity index (χ4v) is 5.28. The summed E-state index contributed by atoms with van der Waals surface area (Å²) in [6.45, 7) is 6.87. The lowest BCUT2D eigenvalue weighted by Crippen LogP contribution is -2.46. The molecule has 8 heteroatoms. The quantitative estimate of drug-likeness (QED) is 0.616. The lowest BCUT2D eigenvalue weighted by atomic mass is 10.2. The zero-order valence-corrected chi connectivity index (χ0v) is 18.5. The summed E-state index contributed by atoms with van der Waals surface area (Å²) in [6, 6.07) is 15.8. The molecule has 0 bridgehead atoms. The maximum atomic E-state index is 13.4. The molecular weight excluding hydrogens is 412 g/mol. The molecule has 0 radical (unpaired) electrons. The first-order chi connectivity index (χ1) is 14.8. The number of morpholine rings is 1. The second-order valence-corrected chi connectivity index (χ2v) is 9.98. The number of hydrogen-bond donors (Lipinski definition) is 0. The highest BCUT2D eigenvalue weighted by molar-refractivity contribution is 7.92. The molecule has 1 aliphatic heterocycles. The van der Waals surface area contributed by atoms with Crippen LogP contribution in [0, 0.1) is 18.3 Å². The van der Waals surface area contributed by atoms with Crippen molar-refractivity contribution in [3.8, 4) is 6.07 Å². The molecule has 2 heterocycles. The summed E-state index contributed by atoms with van der Waals surface area (Å²) >= 11 is 0. The molecule has 2 aromatic carbocycles. The fraction of sp³-hybridized carbons (Fsp3) is 0.348. The summed E-state index contributed by atoms with van der Waals surface area (Å²) in [5.41, 5.74) is 2.30. The van der Waals surface area contributed by atoms with Crippen molar-refractivity contribution in [2.75, 3.05) is 18.0 Å². The maximum Gasteiger partial charge on any atom is 0.200 e. The number of aromatic nitrogens is 2. The number of ether oxygens (including phenoxy) is 1. The maximum absolute atomic E-state index is 13.4. The van der Waals surface area contributed by atoms with Gasteiger partial charge in [0.15, 0.2) is 11.1 Å². The first kappa shape index (κ1) is 21.2. The molecule has 1 saturated heterocycles.